The summed E-state index contributed by atoms with van der Waals surface area (Å²) in [5, 5.41) is 0. The van der Waals surface area contributed by atoms with Gasteiger partial charge >= 0.3 is 0 Å². The van der Waals surface area contributed by atoms with E-state index in [0.717, 1.165) is 32.0 Å². The number of halogens is 3. The van der Waals surface area contributed by atoms with E-state index in [1.807, 2.05) is 0 Å². The van der Waals surface area contributed by atoms with Crippen molar-refractivity contribution in [1.82, 2.24) is 4.90 Å². The van der Waals surface area contributed by atoms with Crippen molar-refractivity contribution in [2.75, 3.05) is 19.6 Å². The lowest BCUT2D eigenvalue weighted by Gasteiger charge is -2.23. The van der Waals surface area contributed by atoms with Gasteiger partial charge in [-0.2, -0.15) is 0 Å². The van der Waals surface area contributed by atoms with Crippen molar-refractivity contribution in [2.45, 2.75) is 19.3 Å². The molecule has 0 aliphatic carbocycles. The van der Waals surface area contributed by atoms with Gasteiger partial charge in [0.25, 0.3) is 0 Å². The standard InChI is InChI=1S/C14H14F3N/c15-12-9-11(14(17)13(16)10-12)5-4-8-18-6-2-1-3-7-18/h9-10H,1-3,6-8H2. The molecule has 1 aliphatic heterocycles. The fraction of sp³-hybridized carbons (Fsp3) is 0.429. The molecule has 96 valence electrons. The largest absolute Gasteiger partial charge is 0.292 e. The van der Waals surface area contributed by atoms with Crippen molar-refractivity contribution in [3.05, 3.63) is 35.1 Å². The van der Waals surface area contributed by atoms with Gasteiger partial charge in [-0.25, -0.2) is 13.2 Å². The summed E-state index contributed by atoms with van der Waals surface area (Å²) in [6.45, 7) is 2.47. The Morgan fingerprint density at radius 1 is 1.06 bits per heavy atom. The zero-order valence-corrected chi connectivity index (χ0v) is 9.98. The molecular weight excluding hydrogens is 239 g/mol. The molecule has 0 spiro atoms. The van der Waals surface area contributed by atoms with Crippen LogP contribution in [0.4, 0.5) is 13.2 Å². The number of hydrogen-bond acceptors (Lipinski definition) is 1. The zero-order valence-electron chi connectivity index (χ0n) is 9.98. The van der Waals surface area contributed by atoms with Crippen molar-refractivity contribution in [3.63, 3.8) is 0 Å². The van der Waals surface area contributed by atoms with E-state index in [9.17, 15) is 13.2 Å². The lowest BCUT2D eigenvalue weighted by atomic mass is 10.1. The molecule has 1 saturated heterocycles. The highest BCUT2D eigenvalue weighted by Crippen LogP contribution is 2.13. The van der Waals surface area contributed by atoms with Crippen LogP contribution in [0.15, 0.2) is 12.1 Å². The quantitative estimate of drug-likeness (QED) is 0.549. The topological polar surface area (TPSA) is 3.24 Å². The molecular formula is C14H14F3N. The SMILES string of the molecule is Fc1cc(F)c(F)c(C#CCN2CCCCC2)c1. The van der Waals surface area contributed by atoms with Crippen molar-refractivity contribution >= 4 is 0 Å². The van der Waals surface area contributed by atoms with E-state index in [1.165, 1.54) is 6.42 Å². The van der Waals surface area contributed by atoms with Crippen molar-refractivity contribution in [3.8, 4) is 11.8 Å². The first-order valence-corrected chi connectivity index (χ1v) is 6.02. The molecule has 1 fully saturated rings. The fourth-order valence-corrected chi connectivity index (χ4v) is 2.01. The Morgan fingerprint density at radius 2 is 1.78 bits per heavy atom. The molecule has 0 saturated carbocycles. The highest BCUT2D eigenvalue weighted by atomic mass is 19.2. The number of benzene rings is 1. The fourth-order valence-electron chi connectivity index (χ4n) is 2.01. The van der Waals surface area contributed by atoms with Gasteiger partial charge in [0.1, 0.15) is 5.82 Å². The Kier molecular flexibility index (Phi) is 4.27. The van der Waals surface area contributed by atoms with Crippen LogP contribution >= 0.6 is 0 Å². The zero-order chi connectivity index (χ0) is 13.0. The lowest BCUT2D eigenvalue weighted by Crippen LogP contribution is -2.29. The van der Waals surface area contributed by atoms with E-state index in [1.54, 1.807) is 0 Å². The normalized spacial score (nSPS) is 16.2. The second-order valence-corrected chi connectivity index (χ2v) is 4.39. The van der Waals surface area contributed by atoms with Crippen LogP contribution < -0.4 is 0 Å². The molecule has 0 N–H and O–H groups in total. The number of hydrogen-bond donors (Lipinski definition) is 0. The van der Waals surface area contributed by atoms with Crippen LogP contribution in [0.1, 0.15) is 24.8 Å². The summed E-state index contributed by atoms with van der Waals surface area (Å²) in [6.07, 6.45) is 3.52. The lowest BCUT2D eigenvalue weighted by molar-refractivity contribution is 0.255. The third kappa shape index (κ3) is 3.27. The Balaban J connectivity index is 2.05. The summed E-state index contributed by atoms with van der Waals surface area (Å²) in [6, 6.07) is 1.44. The van der Waals surface area contributed by atoms with Crippen LogP contribution in [0.2, 0.25) is 0 Å². The predicted octanol–water partition coefficient (Wildman–Crippen LogP) is 2.94. The smallest absolute Gasteiger partial charge is 0.174 e. The van der Waals surface area contributed by atoms with Crippen LogP contribution in [0.5, 0.6) is 0 Å². The molecule has 0 radical (unpaired) electrons. The van der Waals surface area contributed by atoms with Crippen LogP contribution in [0.25, 0.3) is 0 Å². The van der Waals surface area contributed by atoms with Gasteiger partial charge in [-0.05, 0) is 32.0 Å². The van der Waals surface area contributed by atoms with Gasteiger partial charge in [0.15, 0.2) is 11.6 Å². The van der Waals surface area contributed by atoms with E-state index < -0.39 is 17.5 Å². The van der Waals surface area contributed by atoms with Crippen LogP contribution in [-0.2, 0) is 0 Å². The summed E-state index contributed by atoms with van der Waals surface area (Å²) < 4.78 is 39.1. The summed E-state index contributed by atoms with van der Waals surface area (Å²) in [7, 11) is 0. The average Bonchev–Trinajstić information content (AvgIpc) is 2.36. The van der Waals surface area contributed by atoms with Crippen LogP contribution in [-0.4, -0.2) is 24.5 Å². The van der Waals surface area contributed by atoms with E-state index in [-0.39, 0.29) is 5.56 Å². The first-order valence-electron chi connectivity index (χ1n) is 6.02. The van der Waals surface area contributed by atoms with Gasteiger partial charge in [0, 0.05) is 6.07 Å². The maximum atomic E-state index is 13.3. The third-order valence-corrected chi connectivity index (χ3v) is 2.97. The second kappa shape index (κ2) is 5.92. The van der Waals surface area contributed by atoms with E-state index in [2.05, 4.69) is 16.7 Å². The second-order valence-electron chi connectivity index (χ2n) is 4.39. The molecule has 0 atom stereocenters. The first kappa shape index (κ1) is 13.0. The summed E-state index contributed by atoms with van der Waals surface area (Å²) >= 11 is 0. The van der Waals surface area contributed by atoms with Crippen LogP contribution in [0, 0.1) is 29.3 Å². The average molecular weight is 253 g/mol. The van der Waals surface area contributed by atoms with Crippen molar-refractivity contribution in [2.24, 2.45) is 0 Å². The maximum absolute atomic E-state index is 13.3. The first-order chi connectivity index (χ1) is 8.66. The molecule has 1 aromatic carbocycles. The Labute approximate surface area is 105 Å². The van der Waals surface area contributed by atoms with E-state index in [4.69, 9.17) is 0 Å². The minimum atomic E-state index is -1.20. The number of piperidine rings is 1. The predicted molar refractivity (Wildman–Crippen MR) is 63.5 cm³/mol. The van der Waals surface area contributed by atoms with Gasteiger partial charge in [-0.15, -0.1) is 0 Å². The van der Waals surface area contributed by atoms with Crippen molar-refractivity contribution < 1.29 is 13.2 Å². The molecule has 0 bridgehead atoms. The minimum absolute atomic E-state index is 0.218. The molecule has 2 rings (SSSR count). The molecule has 4 heteroatoms. The van der Waals surface area contributed by atoms with Gasteiger partial charge in [0.05, 0.1) is 12.1 Å². The monoisotopic (exact) mass is 253 g/mol. The van der Waals surface area contributed by atoms with E-state index >= 15 is 0 Å². The summed E-state index contributed by atoms with van der Waals surface area (Å²) in [5.74, 6) is 2.18. The summed E-state index contributed by atoms with van der Waals surface area (Å²) in [5.41, 5.74) is -0.218. The van der Waals surface area contributed by atoms with E-state index in [0.29, 0.717) is 12.6 Å². The molecule has 0 aromatic heterocycles. The molecule has 1 nitrogen and oxygen atoms in total. The Hall–Kier alpha value is -1.47. The molecule has 1 heterocycles. The minimum Gasteiger partial charge on any atom is -0.292 e. The molecule has 1 aromatic rings. The molecule has 0 unspecified atom stereocenters. The Morgan fingerprint density at radius 3 is 2.50 bits per heavy atom. The number of rotatable bonds is 1. The highest BCUT2D eigenvalue weighted by molar-refractivity contribution is 5.36. The Bertz CT molecular complexity index is 482. The van der Waals surface area contributed by atoms with Crippen LogP contribution in [0.3, 0.4) is 0 Å². The maximum Gasteiger partial charge on any atom is 0.174 e. The number of nitrogens with zero attached hydrogens (tertiary/aromatic N) is 1. The van der Waals surface area contributed by atoms with Crippen molar-refractivity contribution in [1.29, 1.82) is 0 Å². The van der Waals surface area contributed by atoms with Gasteiger partial charge in [-0.1, -0.05) is 18.3 Å². The summed E-state index contributed by atoms with van der Waals surface area (Å²) in [4.78, 5) is 2.16. The number of likely N-dealkylation sites (tertiary alicyclic amines) is 1. The van der Waals surface area contributed by atoms with Gasteiger partial charge < -0.3 is 0 Å². The molecule has 18 heavy (non-hydrogen) atoms. The molecule has 0 amide bonds. The highest BCUT2D eigenvalue weighted by Gasteiger charge is 2.10. The van der Waals surface area contributed by atoms with Gasteiger partial charge in [-0.3, -0.25) is 4.90 Å². The van der Waals surface area contributed by atoms with Gasteiger partial charge in [0.2, 0.25) is 0 Å². The molecule has 1 aliphatic rings. The third-order valence-electron chi connectivity index (χ3n) is 2.97.